The number of hydrogen-bond donors (Lipinski definition) is 2. The van der Waals surface area contributed by atoms with Crippen LogP contribution in [0.3, 0.4) is 0 Å². The number of hydrogen-bond acceptors (Lipinski definition) is 5. The van der Waals surface area contributed by atoms with Crippen LogP contribution in [0, 0.1) is 5.92 Å². The number of benzene rings is 1. The molecule has 124 valence electrons. The van der Waals surface area contributed by atoms with Crippen molar-refractivity contribution in [3.8, 4) is 5.75 Å². The Morgan fingerprint density at radius 2 is 2.04 bits per heavy atom. The zero-order valence-corrected chi connectivity index (χ0v) is 14.6. The predicted molar refractivity (Wildman–Crippen MR) is 94.4 cm³/mol. The highest BCUT2D eigenvalue weighted by atomic mass is 32.1. The highest BCUT2D eigenvalue weighted by Gasteiger charge is 2.31. The van der Waals surface area contributed by atoms with Crippen LogP contribution in [-0.4, -0.2) is 23.3 Å². The first-order chi connectivity index (χ1) is 10.9. The monoisotopic (exact) mass is 333 g/mol. The number of carbonyl (C=O) groups is 1. The molecule has 1 aliphatic carbocycles. The number of Topliss-reactive ketones (excluding diaryl/α,β-unsaturated/α-hetero) is 1. The Labute approximate surface area is 142 Å². The predicted octanol–water partition coefficient (Wildman–Crippen LogP) is 4.05. The fourth-order valence-electron chi connectivity index (χ4n) is 2.83. The number of rotatable bonds is 6. The fraction of sp³-hybridized carbons (Fsp3) is 0.500. The minimum atomic E-state index is -0.0695. The Kier molecular flexibility index (Phi) is 4.69. The van der Waals surface area contributed by atoms with E-state index in [4.69, 9.17) is 9.15 Å². The summed E-state index contributed by atoms with van der Waals surface area (Å²) in [6.07, 6.45) is 2.22. The number of carbonyl (C=O) groups excluding carboxylic acids is 1. The van der Waals surface area contributed by atoms with Gasteiger partial charge in [-0.2, -0.15) is 12.6 Å². The average molecular weight is 333 g/mol. The molecule has 1 fully saturated rings. The second-order valence-electron chi connectivity index (χ2n) is 6.58. The van der Waals surface area contributed by atoms with Crippen LogP contribution in [0.5, 0.6) is 5.75 Å². The zero-order chi connectivity index (χ0) is 16.6. The fourth-order valence-corrected chi connectivity index (χ4v) is 3.04. The smallest absolute Gasteiger partial charge is 0.200 e. The molecule has 1 unspecified atom stereocenters. The van der Waals surface area contributed by atoms with Gasteiger partial charge < -0.3 is 14.5 Å². The Morgan fingerprint density at radius 1 is 1.30 bits per heavy atom. The maximum atomic E-state index is 12.0. The van der Waals surface area contributed by atoms with E-state index in [9.17, 15) is 4.79 Å². The van der Waals surface area contributed by atoms with E-state index < -0.39 is 0 Å². The number of fused-ring (bicyclic) bond motifs is 1. The highest BCUT2D eigenvalue weighted by Crippen LogP contribution is 2.30. The maximum absolute atomic E-state index is 12.0. The topological polar surface area (TPSA) is 51.5 Å². The summed E-state index contributed by atoms with van der Waals surface area (Å²) in [4.78, 5) is 12.0. The first-order valence-electron chi connectivity index (χ1n) is 8.11. The lowest BCUT2D eigenvalue weighted by Gasteiger charge is -2.36. The Balaban J connectivity index is 1.66. The maximum Gasteiger partial charge on any atom is 0.200 e. The Bertz CT molecular complexity index is 701. The molecule has 1 atom stereocenters. The summed E-state index contributed by atoms with van der Waals surface area (Å²) < 4.78 is 11.6. The summed E-state index contributed by atoms with van der Waals surface area (Å²) in [6.45, 7) is 5.77. The number of ether oxygens (including phenoxy) is 1. The normalized spacial score (nSPS) is 22.1. The molecule has 1 aliphatic rings. The number of nitrogens with one attached hydrogen (secondary N) is 1. The van der Waals surface area contributed by atoms with Gasteiger partial charge in [-0.3, -0.25) is 4.79 Å². The summed E-state index contributed by atoms with van der Waals surface area (Å²) in [5.41, 5.74) is 0.721. The minimum absolute atomic E-state index is 0.0254. The van der Waals surface area contributed by atoms with Gasteiger partial charge in [0, 0.05) is 22.7 Å². The van der Waals surface area contributed by atoms with Crippen molar-refractivity contribution in [2.75, 3.05) is 0 Å². The first kappa shape index (κ1) is 16.4. The van der Waals surface area contributed by atoms with E-state index in [1.807, 2.05) is 39.0 Å². The molecule has 0 saturated heterocycles. The van der Waals surface area contributed by atoms with E-state index in [-0.39, 0.29) is 23.2 Å². The summed E-state index contributed by atoms with van der Waals surface area (Å²) >= 11 is 4.34. The Hall–Kier alpha value is -1.46. The lowest BCUT2D eigenvalue weighted by atomic mass is 9.89. The van der Waals surface area contributed by atoms with E-state index in [1.165, 1.54) is 0 Å². The number of furan rings is 1. The molecule has 0 radical (unpaired) electrons. The molecule has 1 aromatic carbocycles. The van der Waals surface area contributed by atoms with Crippen LogP contribution >= 0.6 is 12.6 Å². The molecule has 23 heavy (non-hydrogen) atoms. The molecule has 1 heterocycles. The summed E-state index contributed by atoms with van der Waals surface area (Å²) in [5, 5.41) is 4.50. The quantitative estimate of drug-likeness (QED) is 0.476. The van der Waals surface area contributed by atoms with Gasteiger partial charge in [-0.1, -0.05) is 13.8 Å². The van der Waals surface area contributed by atoms with Crippen molar-refractivity contribution in [3.63, 3.8) is 0 Å². The molecule has 0 amide bonds. The van der Waals surface area contributed by atoms with Crippen LogP contribution in [0.1, 0.15) is 44.2 Å². The molecular weight excluding hydrogens is 310 g/mol. The van der Waals surface area contributed by atoms with Crippen molar-refractivity contribution in [2.45, 2.75) is 51.1 Å². The standard InChI is InChI=1S/C18H23NO3S/c1-10(2)18(20)17-7-12-6-14(4-5-16(12)22-17)21-15-8-13(9-15)19-11(3)23/h4-7,10-11,13,15,19,23H,8-9H2,1-3H3/t11?,13-,15+. The van der Waals surface area contributed by atoms with Crippen LogP contribution in [-0.2, 0) is 0 Å². The van der Waals surface area contributed by atoms with Crippen LogP contribution in [0.25, 0.3) is 11.0 Å². The van der Waals surface area contributed by atoms with Crippen molar-refractivity contribution < 1.29 is 13.9 Å². The molecule has 0 aliphatic heterocycles. The van der Waals surface area contributed by atoms with Crippen molar-refractivity contribution in [3.05, 3.63) is 30.0 Å². The molecule has 3 rings (SSSR count). The van der Waals surface area contributed by atoms with Gasteiger partial charge in [0.1, 0.15) is 17.4 Å². The number of ketones is 1. The first-order valence-corrected chi connectivity index (χ1v) is 8.62. The van der Waals surface area contributed by atoms with Crippen LogP contribution < -0.4 is 10.1 Å². The third-order valence-corrected chi connectivity index (χ3v) is 4.28. The van der Waals surface area contributed by atoms with Crippen molar-refractivity contribution in [2.24, 2.45) is 5.92 Å². The molecule has 0 spiro atoms. The molecule has 1 saturated carbocycles. The summed E-state index contributed by atoms with van der Waals surface area (Å²) in [6, 6.07) is 8.00. The molecule has 0 bridgehead atoms. The van der Waals surface area contributed by atoms with Crippen LogP contribution in [0.15, 0.2) is 28.7 Å². The third kappa shape index (κ3) is 3.72. The number of thiol groups is 1. The lowest BCUT2D eigenvalue weighted by Crippen LogP contribution is -2.48. The van der Waals surface area contributed by atoms with Gasteiger partial charge in [0.25, 0.3) is 0 Å². The van der Waals surface area contributed by atoms with Crippen molar-refractivity contribution in [1.29, 1.82) is 0 Å². The van der Waals surface area contributed by atoms with Gasteiger partial charge in [-0.05, 0) is 44.0 Å². The lowest BCUT2D eigenvalue weighted by molar-refractivity contribution is 0.0848. The summed E-state index contributed by atoms with van der Waals surface area (Å²) in [7, 11) is 0. The van der Waals surface area contributed by atoms with Crippen LogP contribution in [0.4, 0.5) is 0 Å². The van der Waals surface area contributed by atoms with Crippen LogP contribution in [0.2, 0.25) is 0 Å². The Morgan fingerprint density at radius 3 is 2.70 bits per heavy atom. The molecular formula is C18H23NO3S. The SMILES string of the molecule is CC(S)N[C@H]1C[C@@H](Oc2ccc3oc(C(=O)C(C)C)cc3c2)C1. The average Bonchev–Trinajstić information content (AvgIpc) is 2.86. The second-order valence-corrected chi connectivity index (χ2v) is 7.35. The minimum Gasteiger partial charge on any atom is -0.490 e. The van der Waals surface area contributed by atoms with Gasteiger partial charge in [-0.15, -0.1) is 0 Å². The van der Waals surface area contributed by atoms with E-state index in [0.717, 1.165) is 29.6 Å². The van der Waals surface area contributed by atoms with Gasteiger partial charge in [-0.25, -0.2) is 0 Å². The third-order valence-electron chi connectivity index (χ3n) is 4.13. The van der Waals surface area contributed by atoms with E-state index >= 15 is 0 Å². The van der Waals surface area contributed by atoms with Gasteiger partial charge in [0.2, 0.25) is 5.78 Å². The van der Waals surface area contributed by atoms with Gasteiger partial charge >= 0.3 is 0 Å². The molecule has 2 aromatic rings. The molecule has 5 heteroatoms. The summed E-state index contributed by atoms with van der Waals surface area (Å²) in [5.74, 6) is 1.20. The van der Waals surface area contributed by atoms with Crippen molar-refractivity contribution in [1.82, 2.24) is 5.32 Å². The molecule has 4 nitrogen and oxygen atoms in total. The second kappa shape index (κ2) is 6.57. The molecule has 1 N–H and O–H groups in total. The highest BCUT2D eigenvalue weighted by molar-refractivity contribution is 7.80. The van der Waals surface area contributed by atoms with E-state index in [1.54, 1.807) is 6.07 Å². The molecule has 1 aromatic heterocycles. The van der Waals surface area contributed by atoms with Gasteiger partial charge in [0.15, 0.2) is 5.76 Å². The van der Waals surface area contributed by atoms with Gasteiger partial charge in [0.05, 0.1) is 0 Å². The van der Waals surface area contributed by atoms with Crippen molar-refractivity contribution >= 4 is 29.4 Å². The zero-order valence-electron chi connectivity index (χ0n) is 13.7. The van der Waals surface area contributed by atoms with E-state index in [0.29, 0.717) is 11.8 Å². The largest absolute Gasteiger partial charge is 0.490 e. The van der Waals surface area contributed by atoms with E-state index in [2.05, 4.69) is 17.9 Å².